The molecule has 0 aliphatic heterocycles. The SMILES string of the molecule is O=c1[nH]nc(CSCC(F)COc2ccccc2)[nH]1. The second kappa shape index (κ2) is 6.98. The van der Waals surface area contributed by atoms with E-state index in [1.165, 1.54) is 11.8 Å². The Morgan fingerprint density at radius 3 is 2.84 bits per heavy atom. The molecule has 5 nitrogen and oxygen atoms in total. The van der Waals surface area contributed by atoms with Gasteiger partial charge in [-0.1, -0.05) is 18.2 Å². The standard InChI is InChI=1S/C12H14FN3O2S/c13-9(6-18-10-4-2-1-3-5-10)7-19-8-11-14-12(17)16-15-11/h1-5,9H,6-8H2,(H2,14,15,16,17). The van der Waals surface area contributed by atoms with Crippen molar-refractivity contribution in [3.63, 3.8) is 0 Å². The van der Waals surface area contributed by atoms with Crippen LogP contribution in [0, 0.1) is 0 Å². The largest absolute Gasteiger partial charge is 0.491 e. The van der Waals surface area contributed by atoms with Crippen LogP contribution in [-0.2, 0) is 5.75 Å². The number of nitrogens with one attached hydrogen (secondary N) is 2. The molecule has 0 saturated heterocycles. The fourth-order valence-corrected chi connectivity index (χ4v) is 2.21. The molecule has 2 rings (SSSR count). The second-order valence-corrected chi connectivity index (χ2v) is 4.89. The average molecular weight is 283 g/mol. The van der Waals surface area contributed by atoms with Gasteiger partial charge in [-0.05, 0) is 12.1 Å². The first-order chi connectivity index (χ1) is 9.24. The summed E-state index contributed by atoms with van der Waals surface area (Å²) in [6.45, 7) is 0.0219. The van der Waals surface area contributed by atoms with Crippen molar-refractivity contribution in [1.82, 2.24) is 15.2 Å². The van der Waals surface area contributed by atoms with Gasteiger partial charge in [-0.2, -0.15) is 16.9 Å². The van der Waals surface area contributed by atoms with E-state index in [1.807, 2.05) is 18.2 Å². The van der Waals surface area contributed by atoms with Crippen LogP contribution in [0.15, 0.2) is 35.1 Å². The van der Waals surface area contributed by atoms with Crippen molar-refractivity contribution < 1.29 is 9.13 Å². The fourth-order valence-electron chi connectivity index (χ4n) is 1.41. The number of ether oxygens (including phenoxy) is 1. The molecule has 0 amide bonds. The number of thioether (sulfide) groups is 1. The molecule has 0 saturated carbocycles. The van der Waals surface area contributed by atoms with E-state index in [-0.39, 0.29) is 12.3 Å². The number of hydrogen-bond acceptors (Lipinski definition) is 4. The topological polar surface area (TPSA) is 70.8 Å². The Balaban J connectivity index is 1.64. The van der Waals surface area contributed by atoms with Gasteiger partial charge in [-0.25, -0.2) is 14.3 Å². The van der Waals surface area contributed by atoms with Gasteiger partial charge in [-0.3, -0.25) is 4.98 Å². The van der Waals surface area contributed by atoms with Crippen LogP contribution < -0.4 is 10.4 Å². The molecule has 2 N–H and O–H groups in total. The third kappa shape index (κ3) is 4.78. The van der Waals surface area contributed by atoms with Gasteiger partial charge in [0.2, 0.25) is 0 Å². The van der Waals surface area contributed by atoms with Crippen molar-refractivity contribution >= 4 is 11.8 Å². The van der Waals surface area contributed by atoms with Gasteiger partial charge in [0.1, 0.15) is 24.4 Å². The Morgan fingerprint density at radius 2 is 2.16 bits per heavy atom. The molecule has 1 atom stereocenters. The van der Waals surface area contributed by atoms with E-state index in [0.29, 0.717) is 23.1 Å². The zero-order valence-electron chi connectivity index (χ0n) is 10.1. The van der Waals surface area contributed by atoms with Crippen molar-refractivity contribution in [3.05, 3.63) is 46.6 Å². The van der Waals surface area contributed by atoms with Gasteiger partial charge in [-0.15, -0.1) is 0 Å². The summed E-state index contributed by atoms with van der Waals surface area (Å²) in [6, 6.07) is 9.12. The van der Waals surface area contributed by atoms with Crippen LogP contribution in [0.4, 0.5) is 4.39 Å². The first-order valence-electron chi connectivity index (χ1n) is 5.77. The first kappa shape index (κ1) is 13.7. The molecule has 1 aromatic carbocycles. The highest BCUT2D eigenvalue weighted by molar-refractivity contribution is 7.98. The molecular formula is C12H14FN3O2S. The molecule has 0 fully saturated rings. The molecule has 0 aliphatic rings. The average Bonchev–Trinajstić information content (AvgIpc) is 2.83. The third-order valence-electron chi connectivity index (χ3n) is 2.26. The van der Waals surface area contributed by atoms with Crippen LogP contribution in [0.3, 0.4) is 0 Å². The summed E-state index contributed by atoms with van der Waals surface area (Å²) < 4.78 is 18.9. The Bertz CT molecular complexity index is 543. The van der Waals surface area contributed by atoms with Gasteiger partial charge in [0.05, 0.1) is 5.75 Å². The summed E-state index contributed by atoms with van der Waals surface area (Å²) in [5.41, 5.74) is -0.347. The molecular weight excluding hydrogens is 269 g/mol. The molecule has 0 spiro atoms. The summed E-state index contributed by atoms with van der Waals surface area (Å²) in [4.78, 5) is 13.3. The minimum Gasteiger partial charge on any atom is -0.491 e. The third-order valence-corrected chi connectivity index (χ3v) is 3.34. The van der Waals surface area contributed by atoms with E-state index < -0.39 is 6.17 Å². The number of alkyl halides is 1. The van der Waals surface area contributed by atoms with Gasteiger partial charge in [0, 0.05) is 5.75 Å². The lowest BCUT2D eigenvalue weighted by Gasteiger charge is -2.09. The quantitative estimate of drug-likeness (QED) is 0.812. The van der Waals surface area contributed by atoms with E-state index in [0.717, 1.165) is 0 Å². The number of H-pyrrole nitrogens is 2. The number of aromatic nitrogens is 3. The minimum absolute atomic E-state index is 0.0219. The maximum absolute atomic E-state index is 13.6. The van der Waals surface area contributed by atoms with E-state index in [2.05, 4.69) is 15.2 Å². The fraction of sp³-hybridized carbons (Fsp3) is 0.333. The number of para-hydroxylation sites is 1. The molecule has 19 heavy (non-hydrogen) atoms. The first-order valence-corrected chi connectivity index (χ1v) is 6.93. The maximum Gasteiger partial charge on any atom is 0.340 e. The maximum atomic E-state index is 13.6. The molecule has 102 valence electrons. The molecule has 0 aliphatic carbocycles. The lowest BCUT2D eigenvalue weighted by molar-refractivity contribution is 0.213. The molecule has 1 heterocycles. The van der Waals surface area contributed by atoms with E-state index >= 15 is 0 Å². The summed E-state index contributed by atoms with van der Waals surface area (Å²) in [7, 11) is 0. The van der Waals surface area contributed by atoms with Crippen LogP contribution in [-0.4, -0.2) is 33.7 Å². The van der Waals surface area contributed by atoms with E-state index in [9.17, 15) is 9.18 Å². The smallest absolute Gasteiger partial charge is 0.340 e. The molecule has 2 aromatic rings. The Kier molecular flexibility index (Phi) is 5.02. The lowest BCUT2D eigenvalue weighted by Crippen LogP contribution is -2.15. The number of halogens is 1. The molecule has 0 bridgehead atoms. The van der Waals surface area contributed by atoms with Crippen LogP contribution in [0.5, 0.6) is 5.75 Å². The normalized spacial score (nSPS) is 12.3. The summed E-state index contributed by atoms with van der Waals surface area (Å²) >= 11 is 1.36. The van der Waals surface area contributed by atoms with Crippen molar-refractivity contribution in [2.45, 2.75) is 11.9 Å². The number of hydrogen-bond donors (Lipinski definition) is 2. The second-order valence-electron chi connectivity index (χ2n) is 3.86. The van der Waals surface area contributed by atoms with Gasteiger partial charge in [0.15, 0.2) is 0 Å². The number of aromatic amines is 2. The molecule has 7 heteroatoms. The van der Waals surface area contributed by atoms with Crippen molar-refractivity contribution in [1.29, 1.82) is 0 Å². The zero-order chi connectivity index (χ0) is 13.5. The number of nitrogens with zero attached hydrogens (tertiary/aromatic N) is 1. The Morgan fingerprint density at radius 1 is 1.37 bits per heavy atom. The summed E-state index contributed by atoms with van der Waals surface area (Å²) in [6.07, 6.45) is -1.06. The van der Waals surface area contributed by atoms with Crippen LogP contribution in [0.2, 0.25) is 0 Å². The Labute approximate surface area is 113 Å². The predicted molar refractivity (Wildman–Crippen MR) is 72.2 cm³/mol. The summed E-state index contributed by atoms with van der Waals surface area (Å²) in [5, 5.41) is 6.00. The van der Waals surface area contributed by atoms with E-state index in [1.54, 1.807) is 12.1 Å². The monoisotopic (exact) mass is 283 g/mol. The molecule has 1 aromatic heterocycles. The van der Waals surface area contributed by atoms with Crippen molar-refractivity contribution in [3.8, 4) is 5.75 Å². The van der Waals surface area contributed by atoms with Crippen molar-refractivity contribution in [2.75, 3.05) is 12.4 Å². The number of rotatable bonds is 7. The van der Waals surface area contributed by atoms with Gasteiger partial charge in [0.25, 0.3) is 0 Å². The summed E-state index contributed by atoms with van der Waals surface area (Å²) in [5.74, 6) is 1.93. The molecule has 1 unspecified atom stereocenters. The van der Waals surface area contributed by atoms with Crippen LogP contribution in [0.25, 0.3) is 0 Å². The highest BCUT2D eigenvalue weighted by Crippen LogP contribution is 2.13. The van der Waals surface area contributed by atoms with E-state index in [4.69, 9.17) is 4.74 Å². The highest BCUT2D eigenvalue weighted by atomic mass is 32.2. The van der Waals surface area contributed by atoms with Crippen molar-refractivity contribution in [2.24, 2.45) is 0 Å². The van der Waals surface area contributed by atoms with Crippen LogP contribution in [0.1, 0.15) is 5.82 Å². The minimum atomic E-state index is -1.06. The van der Waals surface area contributed by atoms with Gasteiger partial charge >= 0.3 is 5.69 Å². The zero-order valence-corrected chi connectivity index (χ0v) is 11.0. The highest BCUT2D eigenvalue weighted by Gasteiger charge is 2.08. The van der Waals surface area contributed by atoms with Gasteiger partial charge < -0.3 is 4.74 Å². The lowest BCUT2D eigenvalue weighted by atomic mass is 10.3. The predicted octanol–water partition coefficient (Wildman–Crippen LogP) is 1.75. The van der Waals surface area contributed by atoms with Crippen LogP contribution >= 0.6 is 11.8 Å². The Hall–Kier alpha value is -1.76. The molecule has 0 radical (unpaired) electrons. The number of benzene rings is 1.